The number of rotatable bonds is 4. The SMILES string of the molecule is CCSC(C)CCN. The molecule has 0 spiro atoms. The summed E-state index contributed by atoms with van der Waals surface area (Å²) in [5.74, 6) is 1.21. The van der Waals surface area contributed by atoms with Crippen molar-refractivity contribution in [3.8, 4) is 0 Å². The number of hydrogen-bond donors (Lipinski definition) is 1. The van der Waals surface area contributed by atoms with Crippen LogP contribution in [0.4, 0.5) is 0 Å². The van der Waals surface area contributed by atoms with Gasteiger partial charge in [-0.15, -0.1) is 0 Å². The maximum Gasteiger partial charge on any atom is 0.00306 e. The molecule has 2 N–H and O–H groups in total. The Hall–Kier alpha value is 0.310. The van der Waals surface area contributed by atoms with Gasteiger partial charge in [-0.2, -0.15) is 11.8 Å². The van der Waals surface area contributed by atoms with Gasteiger partial charge < -0.3 is 5.73 Å². The minimum absolute atomic E-state index is 0.755. The van der Waals surface area contributed by atoms with Crippen molar-refractivity contribution in [2.75, 3.05) is 12.3 Å². The van der Waals surface area contributed by atoms with Crippen LogP contribution < -0.4 is 5.73 Å². The normalized spacial score (nSPS) is 13.9. The first-order valence-electron chi connectivity index (χ1n) is 3.13. The van der Waals surface area contributed by atoms with Gasteiger partial charge >= 0.3 is 0 Å². The summed E-state index contributed by atoms with van der Waals surface area (Å²) in [6, 6.07) is 0. The maximum absolute atomic E-state index is 5.35. The van der Waals surface area contributed by atoms with Crippen molar-refractivity contribution >= 4 is 11.8 Å². The lowest BCUT2D eigenvalue weighted by Gasteiger charge is -2.05. The van der Waals surface area contributed by atoms with Crippen LogP contribution in [0.2, 0.25) is 0 Å². The highest BCUT2D eigenvalue weighted by Crippen LogP contribution is 2.11. The second-order valence-electron chi connectivity index (χ2n) is 1.84. The standard InChI is InChI=1S/C6H15NS/c1-3-8-6(2)4-5-7/h6H,3-5,7H2,1-2H3. The molecular weight excluding hydrogens is 118 g/mol. The summed E-state index contributed by atoms with van der Waals surface area (Å²) in [6.07, 6.45) is 1.15. The quantitative estimate of drug-likeness (QED) is 0.628. The molecule has 0 aliphatic carbocycles. The van der Waals surface area contributed by atoms with Gasteiger partial charge in [0.15, 0.2) is 0 Å². The third-order valence-electron chi connectivity index (χ3n) is 1.02. The predicted octanol–water partition coefficient (Wildman–Crippen LogP) is 1.48. The second-order valence-corrected chi connectivity index (χ2v) is 3.56. The first-order valence-corrected chi connectivity index (χ1v) is 4.17. The van der Waals surface area contributed by atoms with E-state index in [1.807, 2.05) is 11.8 Å². The van der Waals surface area contributed by atoms with Gasteiger partial charge in [-0.25, -0.2) is 0 Å². The van der Waals surface area contributed by atoms with Crippen LogP contribution in [0.5, 0.6) is 0 Å². The van der Waals surface area contributed by atoms with Crippen molar-refractivity contribution in [2.45, 2.75) is 25.5 Å². The summed E-state index contributed by atoms with van der Waals surface area (Å²) in [6.45, 7) is 5.23. The Morgan fingerprint density at radius 3 is 2.62 bits per heavy atom. The second kappa shape index (κ2) is 5.45. The predicted molar refractivity (Wildman–Crippen MR) is 41.3 cm³/mol. The molecule has 0 bridgehead atoms. The van der Waals surface area contributed by atoms with E-state index in [1.165, 1.54) is 5.75 Å². The Bertz CT molecular complexity index is 41.8. The summed E-state index contributed by atoms with van der Waals surface area (Å²) >= 11 is 1.98. The van der Waals surface area contributed by atoms with E-state index in [1.54, 1.807) is 0 Å². The highest BCUT2D eigenvalue weighted by molar-refractivity contribution is 7.99. The van der Waals surface area contributed by atoms with Crippen molar-refractivity contribution in [1.29, 1.82) is 0 Å². The van der Waals surface area contributed by atoms with Crippen LogP contribution in [0.1, 0.15) is 20.3 Å². The Kier molecular flexibility index (Phi) is 5.66. The lowest BCUT2D eigenvalue weighted by molar-refractivity contribution is 0.823. The molecule has 0 radical (unpaired) electrons. The molecule has 0 heterocycles. The van der Waals surface area contributed by atoms with Crippen molar-refractivity contribution in [3.63, 3.8) is 0 Å². The summed E-state index contributed by atoms with van der Waals surface area (Å²) in [5, 5.41) is 0.755. The summed E-state index contributed by atoms with van der Waals surface area (Å²) < 4.78 is 0. The molecule has 0 aromatic rings. The van der Waals surface area contributed by atoms with Crippen LogP contribution >= 0.6 is 11.8 Å². The lowest BCUT2D eigenvalue weighted by atomic mass is 10.3. The van der Waals surface area contributed by atoms with E-state index >= 15 is 0 Å². The highest BCUT2D eigenvalue weighted by atomic mass is 32.2. The topological polar surface area (TPSA) is 26.0 Å². The molecule has 1 atom stereocenters. The van der Waals surface area contributed by atoms with Crippen LogP contribution in [0.15, 0.2) is 0 Å². The Morgan fingerprint density at radius 1 is 1.62 bits per heavy atom. The third kappa shape index (κ3) is 4.47. The van der Waals surface area contributed by atoms with Gasteiger partial charge in [-0.3, -0.25) is 0 Å². The fourth-order valence-electron chi connectivity index (χ4n) is 0.603. The Balaban J connectivity index is 2.92. The minimum Gasteiger partial charge on any atom is -0.330 e. The molecule has 0 saturated heterocycles. The lowest BCUT2D eigenvalue weighted by Crippen LogP contribution is -2.06. The average molecular weight is 133 g/mol. The molecule has 1 unspecified atom stereocenters. The molecule has 0 aromatic carbocycles. The van der Waals surface area contributed by atoms with Crippen molar-refractivity contribution in [3.05, 3.63) is 0 Å². The first kappa shape index (κ1) is 8.31. The molecule has 0 amide bonds. The molecule has 50 valence electrons. The van der Waals surface area contributed by atoms with Gasteiger partial charge in [-0.05, 0) is 18.7 Å². The first-order chi connectivity index (χ1) is 3.81. The van der Waals surface area contributed by atoms with Gasteiger partial charge in [0.1, 0.15) is 0 Å². The molecule has 0 aliphatic rings. The van der Waals surface area contributed by atoms with Gasteiger partial charge in [-0.1, -0.05) is 13.8 Å². The van der Waals surface area contributed by atoms with Crippen molar-refractivity contribution < 1.29 is 0 Å². The average Bonchev–Trinajstić information content (AvgIpc) is 1.68. The van der Waals surface area contributed by atoms with Crippen molar-refractivity contribution in [2.24, 2.45) is 5.73 Å². The van der Waals surface area contributed by atoms with E-state index in [0.29, 0.717) is 0 Å². The van der Waals surface area contributed by atoms with E-state index in [-0.39, 0.29) is 0 Å². The zero-order valence-corrected chi connectivity index (χ0v) is 6.50. The maximum atomic E-state index is 5.35. The van der Waals surface area contributed by atoms with E-state index < -0.39 is 0 Å². The van der Waals surface area contributed by atoms with Gasteiger partial charge in [0.25, 0.3) is 0 Å². The summed E-state index contributed by atoms with van der Waals surface area (Å²) in [7, 11) is 0. The molecule has 0 saturated carbocycles. The van der Waals surface area contributed by atoms with Gasteiger partial charge in [0.2, 0.25) is 0 Å². The zero-order chi connectivity index (χ0) is 6.41. The highest BCUT2D eigenvalue weighted by Gasteiger charge is 1.96. The van der Waals surface area contributed by atoms with E-state index in [0.717, 1.165) is 18.2 Å². The molecule has 0 rings (SSSR count). The van der Waals surface area contributed by atoms with E-state index in [4.69, 9.17) is 5.73 Å². The van der Waals surface area contributed by atoms with Crippen LogP contribution in [0.3, 0.4) is 0 Å². The largest absolute Gasteiger partial charge is 0.330 e. The molecule has 1 nitrogen and oxygen atoms in total. The smallest absolute Gasteiger partial charge is 0.00306 e. The Labute approximate surface area is 56.0 Å². The van der Waals surface area contributed by atoms with Crippen LogP contribution in [0.25, 0.3) is 0 Å². The van der Waals surface area contributed by atoms with Crippen molar-refractivity contribution in [1.82, 2.24) is 0 Å². The number of thioether (sulfide) groups is 1. The number of nitrogens with two attached hydrogens (primary N) is 1. The summed E-state index contributed by atoms with van der Waals surface area (Å²) in [5.41, 5.74) is 5.35. The minimum atomic E-state index is 0.755. The van der Waals surface area contributed by atoms with E-state index in [2.05, 4.69) is 13.8 Å². The molecule has 0 fully saturated rings. The molecular formula is C6H15NS. The Morgan fingerprint density at radius 2 is 2.25 bits per heavy atom. The monoisotopic (exact) mass is 133 g/mol. The molecule has 0 aromatic heterocycles. The third-order valence-corrected chi connectivity index (χ3v) is 2.16. The van der Waals surface area contributed by atoms with E-state index in [9.17, 15) is 0 Å². The fourth-order valence-corrected chi connectivity index (χ4v) is 1.47. The molecule has 0 aliphatic heterocycles. The number of hydrogen-bond acceptors (Lipinski definition) is 2. The summed E-state index contributed by atoms with van der Waals surface area (Å²) in [4.78, 5) is 0. The zero-order valence-electron chi connectivity index (χ0n) is 5.68. The van der Waals surface area contributed by atoms with Crippen LogP contribution in [-0.4, -0.2) is 17.5 Å². The van der Waals surface area contributed by atoms with Gasteiger partial charge in [0.05, 0.1) is 0 Å². The van der Waals surface area contributed by atoms with Gasteiger partial charge in [0, 0.05) is 5.25 Å². The van der Waals surface area contributed by atoms with Crippen LogP contribution in [0, 0.1) is 0 Å². The fraction of sp³-hybridized carbons (Fsp3) is 1.00. The molecule has 8 heavy (non-hydrogen) atoms. The molecule has 2 heteroatoms. The van der Waals surface area contributed by atoms with Crippen LogP contribution in [-0.2, 0) is 0 Å².